The lowest BCUT2D eigenvalue weighted by Crippen LogP contribution is -1.96. The van der Waals surface area contributed by atoms with Crippen LogP contribution in [0, 0.1) is 11.3 Å². The molecular formula is C21H24BrClO2. The van der Waals surface area contributed by atoms with Gasteiger partial charge in [0.2, 0.25) is 0 Å². The van der Waals surface area contributed by atoms with Crippen molar-refractivity contribution in [2.24, 2.45) is 11.3 Å². The molecule has 2 aromatic carbocycles. The van der Waals surface area contributed by atoms with E-state index in [1.807, 2.05) is 0 Å². The van der Waals surface area contributed by atoms with E-state index in [0.29, 0.717) is 21.8 Å². The second-order valence-corrected chi connectivity index (χ2v) is 8.39. The third-order valence-corrected chi connectivity index (χ3v) is 5.90. The van der Waals surface area contributed by atoms with Crippen molar-refractivity contribution in [2.45, 2.75) is 33.6 Å². The number of methoxy groups -OCH3 is 1. The first-order chi connectivity index (χ1) is 11.7. The van der Waals surface area contributed by atoms with Gasteiger partial charge in [-0.15, -0.1) is 0 Å². The fraction of sp³-hybridized carbons (Fsp3) is 0.381. The smallest absolute Gasteiger partial charge is 0.163 e. The quantitative estimate of drug-likeness (QED) is 0.510. The lowest BCUT2D eigenvalue weighted by atomic mass is 10.0. The third kappa shape index (κ3) is 4.65. The number of carbonyl (C=O) groups excluding carboxylic acids is 1. The molecule has 1 fully saturated rings. The predicted octanol–water partition coefficient (Wildman–Crippen LogP) is 6.76. The van der Waals surface area contributed by atoms with Gasteiger partial charge in [-0.25, -0.2) is 0 Å². The Hall–Kier alpha value is -1.32. The van der Waals surface area contributed by atoms with E-state index in [2.05, 4.69) is 61.0 Å². The van der Waals surface area contributed by atoms with Gasteiger partial charge in [0.05, 0.1) is 12.7 Å². The molecule has 25 heavy (non-hydrogen) atoms. The summed E-state index contributed by atoms with van der Waals surface area (Å²) < 4.78 is 6.15. The van der Waals surface area contributed by atoms with E-state index in [1.165, 1.54) is 24.1 Å². The second kappa shape index (κ2) is 7.92. The van der Waals surface area contributed by atoms with Crippen LogP contribution in [0.25, 0.3) is 0 Å². The van der Waals surface area contributed by atoms with Gasteiger partial charge in [-0.05, 0) is 60.1 Å². The van der Waals surface area contributed by atoms with Crippen molar-refractivity contribution in [3.63, 3.8) is 0 Å². The predicted molar refractivity (Wildman–Crippen MR) is 108 cm³/mol. The molecule has 2 nitrogen and oxygen atoms in total. The monoisotopic (exact) mass is 422 g/mol. The zero-order chi connectivity index (χ0) is 18.8. The first kappa shape index (κ1) is 20.0. The molecule has 2 aromatic rings. The topological polar surface area (TPSA) is 26.3 Å². The minimum Gasteiger partial charge on any atom is -0.496 e. The number of hydrogen-bond acceptors (Lipinski definition) is 2. The Morgan fingerprint density at radius 3 is 2.16 bits per heavy atom. The SMILES string of the molecule is COc1ccc(Cl)cc1C(C)=O.C[C@H]1[C@H](c2ccc(Br)cc2)C1(C)C. The molecule has 3 rings (SSSR count). The van der Waals surface area contributed by atoms with Crippen molar-refractivity contribution in [3.8, 4) is 5.75 Å². The van der Waals surface area contributed by atoms with E-state index in [4.69, 9.17) is 16.3 Å². The minimum absolute atomic E-state index is 0.0469. The van der Waals surface area contributed by atoms with Crippen LogP contribution in [-0.4, -0.2) is 12.9 Å². The number of ether oxygens (including phenoxy) is 1. The van der Waals surface area contributed by atoms with Gasteiger partial charge in [-0.3, -0.25) is 4.79 Å². The lowest BCUT2D eigenvalue weighted by molar-refractivity contribution is 0.101. The molecule has 1 aliphatic rings. The molecule has 1 aliphatic carbocycles. The highest BCUT2D eigenvalue weighted by atomic mass is 79.9. The lowest BCUT2D eigenvalue weighted by Gasteiger charge is -2.04. The largest absolute Gasteiger partial charge is 0.496 e. The van der Waals surface area contributed by atoms with Crippen molar-refractivity contribution in [3.05, 3.63) is 63.1 Å². The summed E-state index contributed by atoms with van der Waals surface area (Å²) in [6.07, 6.45) is 0. The molecule has 0 spiro atoms. The van der Waals surface area contributed by atoms with Crippen molar-refractivity contribution in [1.29, 1.82) is 0 Å². The van der Waals surface area contributed by atoms with Crippen LogP contribution < -0.4 is 4.74 Å². The first-order valence-corrected chi connectivity index (χ1v) is 9.45. The molecule has 1 saturated carbocycles. The van der Waals surface area contributed by atoms with Gasteiger partial charge in [-0.1, -0.05) is 60.4 Å². The van der Waals surface area contributed by atoms with Gasteiger partial charge in [0, 0.05) is 9.50 Å². The standard InChI is InChI=1S/C12H15Br.C9H9ClO2/c1-8-11(12(8,2)3)9-4-6-10(13)7-5-9;1-6(11)8-5-7(10)3-4-9(8)12-2/h4-8,11H,1-3H3;3-5H,1-2H3/t8-,11+;/m0./s1. The van der Waals surface area contributed by atoms with E-state index in [9.17, 15) is 4.79 Å². The maximum atomic E-state index is 11.0. The van der Waals surface area contributed by atoms with Crippen LogP contribution in [0.4, 0.5) is 0 Å². The summed E-state index contributed by atoms with van der Waals surface area (Å²) in [7, 11) is 1.52. The van der Waals surface area contributed by atoms with Crippen LogP contribution >= 0.6 is 27.5 Å². The molecular weight excluding hydrogens is 400 g/mol. The van der Waals surface area contributed by atoms with Gasteiger partial charge in [-0.2, -0.15) is 0 Å². The van der Waals surface area contributed by atoms with Crippen molar-refractivity contribution in [1.82, 2.24) is 0 Å². The van der Waals surface area contributed by atoms with Gasteiger partial charge in [0.25, 0.3) is 0 Å². The summed E-state index contributed by atoms with van der Waals surface area (Å²) in [4.78, 5) is 11.0. The van der Waals surface area contributed by atoms with Crippen LogP contribution in [0.5, 0.6) is 5.75 Å². The van der Waals surface area contributed by atoms with Crippen LogP contribution in [0.15, 0.2) is 46.9 Å². The fourth-order valence-electron chi connectivity index (χ4n) is 3.24. The Morgan fingerprint density at radius 2 is 1.72 bits per heavy atom. The van der Waals surface area contributed by atoms with Gasteiger partial charge in [0.1, 0.15) is 5.75 Å². The van der Waals surface area contributed by atoms with E-state index in [-0.39, 0.29) is 5.78 Å². The van der Waals surface area contributed by atoms with E-state index in [0.717, 1.165) is 11.8 Å². The molecule has 0 radical (unpaired) electrons. The van der Waals surface area contributed by atoms with Crippen LogP contribution in [-0.2, 0) is 0 Å². The van der Waals surface area contributed by atoms with E-state index >= 15 is 0 Å². The number of halogens is 2. The molecule has 0 bridgehead atoms. The second-order valence-electron chi connectivity index (χ2n) is 7.04. The number of hydrogen-bond donors (Lipinski definition) is 0. The number of benzene rings is 2. The molecule has 0 heterocycles. The molecule has 0 unspecified atom stereocenters. The van der Waals surface area contributed by atoms with E-state index in [1.54, 1.807) is 18.2 Å². The summed E-state index contributed by atoms with van der Waals surface area (Å²) in [6.45, 7) is 8.52. The molecule has 2 atom stereocenters. The fourth-order valence-corrected chi connectivity index (χ4v) is 3.67. The summed E-state index contributed by atoms with van der Waals surface area (Å²) >= 11 is 9.17. The van der Waals surface area contributed by atoms with Crippen molar-refractivity contribution < 1.29 is 9.53 Å². The Bertz CT molecular complexity index is 753. The minimum atomic E-state index is -0.0469. The summed E-state index contributed by atoms with van der Waals surface area (Å²) in [5.41, 5.74) is 2.51. The number of carbonyl (C=O) groups is 1. The highest BCUT2D eigenvalue weighted by molar-refractivity contribution is 9.10. The highest BCUT2D eigenvalue weighted by Crippen LogP contribution is 2.63. The van der Waals surface area contributed by atoms with Gasteiger partial charge >= 0.3 is 0 Å². The molecule has 4 heteroatoms. The van der Waals surface area contributed by atoms with Crippen molar-refractivity contribution >= 4 is 33.3 Å². The number of Topliss-reactive ketones (excluding diaryl/α,β-unsaturated/α-hetero) is 1. The maximum Gasteiger partial charge on any atom is 0.163 e. The van der Waals surface area contributed by atoms with Crippen LogP contribution in [0.1, 0.15) is 49.5 Å². The Kier molecular flexibility index (Phi) is 6.34. The number of rotatable bonds is 3. The Morgan fingerprint density at radius 1 is 1.16 bits per heavy atom. The molecule has 134 valence electrons. The normalized spacial score (nSPS) is 20.3. The molecule has 0 N–H and O–H groups in total. The summed E-state index contributed by atoms with van der Waals surface area (Å²) in [5, 5.41) is 0.543. The van der Waals surface area contributed by atoms with Crippen molar-refractivity contribution in [2.75, 3.05) is 7.11 Å². The van der Waals surface area contributed by atoms with Crippen LogP contribution in [0.3, 0.4) is 0 Å². The highest BCUT2D eigenvalue weighted by Gasteiger charge is 2.54. The molecule has 0 amide bonds. The molecule has 0 aliphatic heterocycles. The zero-order valence-corrected chi connectivity index (χ0v) is 17.6. The molecule has 0 aromatic heterocycles. The van der Waals surface area contributed by atoms with Crippen LogP contribution in [0.2, 0.25) is 5.02 Å². The number of ketones is 1. The summed E-state index contributed by atoms with van der Waals surface area (Å²) in [5.74, 6) is 2.11. The maximum absolute atomic E-state index is 11.0. The van der Waals surface area contributed by atoms with E-state index < -0.39 is 0 Å². The third-order valence-electron chi connectivity index (χ3n) is 5.14. The Balaban J connectivity index is 0.000000181. The zero-order valence-electron chi connectivity index (χ0n) is 15.3. The average molecular weight is 424 g/mol. The summed E-state index contributed by atoms with van der Waals surface area (Å²) in [6, 6.07) is 13.7. The first-order valence-electron chi connectivity index (χ1n) is 8.28. The Labute approximate surface area is 163 Å². The average Bonchev–Trinajstić information content (AvgIpc) is 3.06. The van der Waals surface area contributed by atoms with Gasteiger partial charge < -0.3 is 4.74 Å². The van der Waals surface area contributed by atoms with Gasteiger partial charge in [0.15, 0.2) is 5.78 Å². The molecule has 0 saturated heterocycles.